The number of nitro benzene ring substituents is 1. The minimum atomic E-state index is -0.439. The number of nitrogens with zero attached hydrogens (tertiary/aromatic N) is 4. The Morgan fingerprint density at radius 3 is 2.72 bits per heavy atom. The van der Waals surface area contributed by atoms with Gasteiger partial charge in [-0.25, -0.2) is 4.68 Å². The maximum atomic E-state index is 12.6. The molecule has 3 rings (SSSR count). The quantitative estimate of drug-likeness (QED) is 0.484. The molecule has 9 nitrogen and oxygen atoms in total. The second-order valence-corrected chi connectivity index (χ2v) is 6.45. The van der Waals surface area contributed by atoms with Gasteiger partial charge in [0.25, 0.3) is 11.6 Å². The summed E-state index contributed by atoms with van der Waals surface area (Å²) in [5.41, 5.74) is 2.25. The van der Waals surface area contributed by atoms with Gasteiger partial charge in [0.1, 0.15) is 5.75 Å². The largest absolute Gasteiger partial charge is 0.439 e. The van der Waals surface area contributed by atoms with E-state index in [1.165, 1.54) is 12.1 Å². The zero-order valence-electron chi connectivity index (χ0n) is 16.4. The van der Waals surface area contributed by atoms with Gasteiger partial charge in [-0.15, -0.1) is 0 Å². The van der Waals surface area contributed by atoms with E-state index in [0.717, 1.165) is 5.56 Å². The number of benzene rings is 1. The summed E-state index contributed by atoms with van der Waals surface area (Å²) in [5, 5.41) is 18.2. The summed E-state index contributed by atoms with van der Waals surface area (Å²) < 4.78 is 7.52. The first kappa shape index (κ1) is 20.0. The maximum Gasteiger partial charge on any atom is 0.272 e. The second kappa shape index (κ2) is 8.51. The Labute approximate surface area is 167 Å². The fourth-order valence-electron chi connectivity index (χ4n) is 2.87. The van der Waals surface area contributed by atoms with E-state index in [1.54, 1.807) is 43.1 Å². The number of nitrogens with one attached hydrogen (secondary N) is 1. The van der Waals surface area contributed by atoms with Gasteiger partial charge in [-0.2, -0.15) is 5.10 Å². The van der Waals surface area contributed by atoms with Crippen LogP contribution in [0, 0.1) is 24.0 Å². The van der Waals surface area contributed by atoms with Crippen LogP contribution in [0.15, 0.2) is 42.7 Å². The average Bonchev–Trinajstić information content (AvgIpc) is 3.02. The Hall–Kier alpha value is -3.75. The third-order valence-electron chi connectivity index (χ3n) is 4.40. The van der Waals surface area contributed by atoms with Gasteiger partial charge in [0, 0.05) is 42.7 Å². The molecule has 0 aliphatic rings. The number of amides is 1. The molecular formula is C20H21N5O4. The van der Waals surface area contributed by atoms with E-state index in [4.69, 9.17) is 4.74 Å². The van der Waals surface area contributed by atoms with Gasteiger partial charge in [0.2, 0.25) is 5.88 Å². The summed E-state index contributed by atoms with van der Waals surface area (Å²) in [6.07, 6.45) is 3.35. The third-order valence-corrected chi connectivity index (χ3v) is 4.40. The highest BCUT2D eigenvalue weighted by molar-refractivity contribution is 5.94. The van der Waals surface area contributed by atoms with Gasteiger partial charge < -0.3 is 10.1 Å². The summed E-state index contributed by atoms with van der Waals surface area (Å²) in [4.78, 5) is 27.2. The molecule has 2 aromatic heterocycles. The Morgan fingerprint density at radius 2 is 2.10 bits per heavy atom. The number of pyridine rings is 1. The van der Waals surface area contributed by atoms with Crippen molar-refractivity contribution in [3.63, 3.8) is 0 Å². The predicted molar refractivity (Wildman–Crippen MR) is 106 cm³/mol. The van der Waals surface area contributed by atoms with E-state index in [-0.39, 0.29) is 17.3 Å². The Morgan fingerprint density at radius 1 is 1.31 bits per heavy atom. The Balaban J connectivity index is 1.81. The zero-order valence-corrected chi connectivity index (χ0v) is 16.4. The van der Waals surface area contributed by atoms with Crippen LogP contribution >= 0.6 is 0 Å². The normalized spacial score (nSPS) is 10.6. The van der Waals surface area contributed by atoms with Gasteiger partial charge in [0.15, 0.2) is 5.69 Å². The summed E-state index contributed by atoms with van der Waals surface area (Å²) >= 11 is 0. The molecule has 0 unspecified atom stereocenters. The minimum Gasteiger partial charge on any atom is -0.439 e. The molecule has 1 aromatic carbocycles. The molecule has 0 radical (unpaired) electrons. The number of nitro groups is 1. The lowest BCUT2D eigenvalue weighted by atomic mass is 10.2. The molecule has 1 N–H and O–H groups in total. The number of ether oxygens (including phenoxy) is 1. The highest BCUT2D eigenvalue weighted by Gasteiger charge is 2.22. The molecule has 0 saturated heterocycles. The fraction of sp³-hybridized carbons (Fsp3) is 0.250. The average molecular weight is 395 g/mol. The van der Waals surface area contributed by atoms with Crippen LogP contribution in [0.25, 0.3) is 0 Å². The smallest absolute Gasteiger partial charge is 0.272 e. The van der Waals surface area contributed by atoms with E-state index in [9.17, 15) is 14.9 Å². The van der Waals surface area contributed by atoms with Crippen LogP contribution in [0.2, 0.25) is 0 Å². The molecule has 0 aliphatic heterocycles. The number of rotatable bonds is 7. The highest BCUT2D eigenvalue weighted by atomic mass is 16.6. The van der Waals surface area contributed by atoms with Crippen LogP contribution in [0.4, 0.5) is 5.69 Å². The monoisotopic (exact) mass is 395 g/mol. The van der Waals surface area contributed by atoms with Crippen LogP contribution in [-0.4, -0.2) is 25.6 Å². The van der Waals surface area contributed by atoms with Crippen molar-refractivity contribution in [1.82, 2.24) is 20.1 Å². The van der Waals surface area contributed by atoms with Crippen molar-refractivity contribution < 1.29 is 14.5 Å². The molecule has 0 fully saturated rings. The van der Waals surface area contributed by atoms with Gasteiger partial charge in [-0.05, 0) is 44.5 Å². The van der Waals surface area contributed by atoms with Crippen LogP contribution < -0.4 is 10.1 Å². The predicted octanol–water partition coefficient (Wildman–Crippen LogP) is 3.55. The number of carbonyl (C=O) groups excluding carboxylic acids is 1. The van der Waals surface area contributed by atoms with Crippen molar-refractivity contribution >= 4 is 11.6 Å². The van der Waals surface area contributed by atoms with Crippen LogP contribution in [0.3, 0.4) is 0 Å². The first-order valence-electron chi connectivity index (χ1n) is 9.08. The lowest BCUT2D eigenvalue weighted by Crippen LogP contribution is -2.24. The van der Waals surface area contributed by atoms with E-state index in [2.05, 4.69) is 15.4 Å². The number of carbonyl (C=O) groups is 1. The fourth-order valence-corrected chi connectivity index (χ4v) is 2.87. The SMILES string of the molecule is CCn1nc(C(=O)NCc2cccnc2)c(C)c1Oc1ccc([N+](=O)[O-])c(C)c1. The van der Waals surface area contributed by atoms with Crippen molar-refractivity contribution in [2.45, 2.75) is 33.9 Å². The molecular weight excluding hydrogens is 374 g/mol. The van der Waals surface area contributed by atoms with Gasteiger partial charge >= 0.3 is 0 Å². The molecule has 0 atom stereocenters. The van der Waals surface area contributed by atoms with Crippen LogP contribution in [-0.2, 0) is 13.1 Å². The highest BCUT2D eigenvalue weighted by Crippen LogP contribution is 2.30. The number of aryl methyl sites for hydroxylation is 2. The van der Waals surface area contributed by atoms with Crippen molar-refractivity contribution in [2.75, 3.05) is 0 Å². The maximum absolute atomic E-state index is 12.6. The van der Waals surface area contributed by atoms with E-state index in [0.29, 0.717) is 35.8 Å². The summed E-state index contributed by atoms with van der Waals surface area (Å²) in [6, 6.07) is 8.19. The standard InChI is InChI=1S/C20H21N5O4/c1-4-24-20(29-16-7-8-17(25(27)28)13(2)10-16)14(3)18(23-24)19(26)22-12-15-6-5-9-21-11-15/h5-11H,4,12H2,1-3H3,(H,22,26). The molecule has 2 heterocycles. The molecule has 1 amide bonds. The molecule has 0 saturated carbocycles. The molecule has 0 bridgehead atoms. The summed E-state index contributed by atoms with van der Waals surface area (Å²) in [5.74, 6) is 0.545. The summed E-state index contributed by atoms with van der Waals surface area (Å²) in [7, 11) is 0. The first-order chi connectivity index (χ1) is 13.9. The molecule has 0 spiro atoms. The van der Waals surface area contributed by atoms with Gasteiger partial charge in [-0.1, -0.05) is 6.07 Å². The number of hydrogen-bond donors (Lipinski definition) is 1. The molecule has 150 valence electrons. The first-order valence-corrected chi connectivity index (χ1v) is 9.08. The Bertz CT molecular complexity index is 1050. The molecule has 29 heavy (non-hydrogen) atoms. The lowest BCUT2D eigenvalue weighted by Gasteiger charge is -2.09. The number of aromatic nitrogens is 3. The van der Waals surface area contributed by atoms with E-state index < -0.39 is 4.92 Å². The van der Waals surface area contributed by atoms with E-state index >= 15 is 0 Å². The third kappa shape index (κ3) is 4.40. The topological polar surface area (TPSA) is 112 Å². The molecule has 0 aliphatic carbocycles. The van der Waals surface area contributed by atoms with Crippen molar-refractivity contribution in [3.8, 4) is 11.6 Å². The van der Waals surface area contributed by atoms with Crippen LogP contribution in [0.5, 0.6) is 11.6 Å². The van der Waals surface area contributed by atoms with Gasteiger partial charge in [-0.3, -0.25) is 19.9 Å². The van der Waals surface area contributed by atoms with Crippen molar-refractivity contribution in [1.29, 1.82) is 0 Å². The minimum absolute atomic E-state index is 0.0218. The van der Waals surface area contributed by atoms with E-state index in [1.807, 2.05) is 13.0 Å². The Kier molecular flexibility index (Phi) is 5.87. The zero-order chi connectivity index (χ0) is 21.0. The van der Waals surface area contributed by atoms with Crippen LogP contribution in [0.1, 0.15) is 34.1 Å². The van der Waals surface area contributed by atoms with Crippen molar-refractivity contribution in [3.05, 3.63) is 75.2 Å². The summed E-state index contributed by atoms with van der Waals surface area (Å²) in [6.45, 7) is 6.12. The molecule has 9 heteroatoms. The van der Waals surface area contributed by atoms with Crippen molar-refractivity contribution in [2.24, 2.45) is 0 Å². The van der Waals surface area contributed by atoms with Gasteiger partial charge in [0.05, 0.1) is 4.92 Å². The lowest BCUT2D eigenvalue weighted by molar-refractivity contribution is -0.385. The second-order valence-electron chi connectivity index (χ2n) is 6.45. The number of hydrogen-bond acceptors (Lipinski definition) is 6. The molecule has 3 aromatic rings.